The SMILES string of the molecule is C[C@@]1(O)CC[C@H]2[C@H](CC[C@@H]3[C@@H]2CC[C@]2(C)[C@@H](C(=O)Cc4ccccn4)CC[C@@H]32)C1.C[C@@]1(O)CC[C@H]2[C@H](CC[C@@H]3[C@@H]2CC[C@]2(C)[C@@H](C(=O)Cc4cccnc4)CC[C@@H]32)C1.C[C@@]1(O)CC[C@H]2[C@H](CC[C@@H]3[C@@H]2CC[C@]2(C)[C@@H](C(=O)Cc4ncncn4)CC[C@@H]32)C1.Cc1cccc(CC(=O)[C@H]2CC[C@H]3[C@@H]4CC[C@@H]5C[C@](C)(O)CC[C@@H]5[C@H]4CC[C@]23C)n1. The van der Waals surface area contributed by atoms with Crippen molar-refractivity contribution in [2.75, 3.05) is 0 Å². The molecule has 0 aliphatic heterocycles. The highest BCUT2D eigenvalue weighted by molar-refractivity contribution is 5.86. The van der Waals surface area contributed by atoms with Crippen molar-refractivity contribution in [3.8, 4) is 0 Å². The number of pyridine rings is 3. The molecule has 16 saturated carbocycles. The van der Waals surface area contributed by atoms with Gasteiger partial charge in [0.25, 0.3) is 0 Å². The zero-order chi connectivity index (χ0) is 81.8. The van der Waals surface area contributed by atoms with E-state index in [4.69, 9.17) is 0 Å². The highest BCUT2D eigenvalue weighted by Gasteiger charge is 2.64. The molecule has 0 unspecified atom stereocenters. The van der Waals surface area contributed by atoms with E-state index in [1.165, 1.54) is 167 Å². The predicted octanol–water partition coefficient (Wildman–Crippen LogP) is 20.0. The second-order valence-electron chi connectivity index (χ2n) is 45.5. The molecule has 638 valence electrons. The van der Waals surface area contributed by atoms with Crippen LogP contribution in [0.15, 0.2) is 79.8 Å². The summed E-state index contributed by atoms with van der Waals surface area (Å²) in [7, 11) is 0. The van der Waals surface area contributed by atoms with Gasteiger partial charge in [0.15, 0.2) is 0 Å². The summed E-state index contributed by atoms with van der Waals surface area (Å²) in [6, 6.07) is 15.9. The van der Waals surface area contributed by atoms with E-state index >= 15 is 0 Å². The maximum absolute atomic E-state index is 13.4. The van der Waals surface area contributed by atoms with Crippen LogP contribution < -0.4 is 0 Å². The van der Waals surface area contributed by atoms with E-state index in [0.29, 0.717) is 66.5 Å². The van der Waals surface area contributed by atoms with E-state index in [2.05, 4.69) is 57.6 Å². The van der Waals surface area contributed by atoms with Crippen molar-refractivity contribution in [1.82, 2.24) is 29.9 Å². The van der Waals surface area contributed by atoms with Crippen molar-refractivity contribution in [2.24, 2.45) is 164 Å². The number of nitrogens with zero attached hydrogens (tertiary/aromatic N) is 6. The van der Waals surface area contributed by atoms with E-state index in [9.17, 15) is 39.6 Å². The zero-order valence-electron chi connectivity index (χ0n) is 73.3. The molecule has 0 saturated heterocycles. The van der Waals surface area contributed by atoms with Crippen LogP contribution in [-0.2, 0) is 44.9 Å². The molecule has 32 atom stereocenters. The Bertz CT molecular complexity index is 3840. The monoisotopic (exact) mass is 1600 g/mol. The number of aryl methyl sites for hydroxylation is 1. The van der Waals surface area contributed by atoms with Gasteiger partial charge in [-0.1, -0.05) is 45.9 Å². The normalized spacial score (nSPS) is 46.2. The molecule has 4 aromatic heterocycles. The largest absolute Gasteiger partial charge is 0.390 e. The molecule has 117 heavy (non-hydrogen) atoms. The lowest BCUT2D eigenvalue weighted by Gasteiger charge is -2.56. The quantitative estimate of drug-likeness (QED) is 0.104. The van der Waals surface area contributed by atoms with Crippen LogP contribution in [0.5, 0.6) is 0 Å². The molecule has 14 nitrogen and oxygen atoms in total. The van der Waals surface area contributed by atoms with Crippen molar-refractivity contribution in [3.05, 3.63) is 108 Å². The van der Waals surface area contributed by atoms with Gasteiger partial charge >= 0.3 is 0 Å². The van der Waals surface area contributed by atoms with Crippen LogP contribution in [-0.4, -0.2) is 95.9 Å². The predicted molar refractivity (Wildman–Crippen MR) is 457 cm³/mol. The summed E-state index contributed by atoms with van der Waals surface area (Å²) in [5.41, 5.74) is 2.90. The minimum atomic E-state index is -0.447. The number of aromatic nitrogens is 6. The number of carbonyl (C=O) groups excluding carboxylic acids is 4. The van der Waals surface area contributed by atoms with E-state index in [1.54, 1.807) is 12.4 Å². The van der Waals surface area contributed by atoms with Gasteiger partial charge in [-0.15, -0.1) is 0 Å². The minimum absolute atomic E-state index is 0.151. The van der Waals surface area contributed by atoms with Crippen molar-refractivity contribution < 1.29 is 39.6 Å². The van der Waals surface area contributed by atoms with Gasteiger partial charge < -0.3 is 20.4 Å². The van der Waals surface area contributed by atoms with Gasteiger partial charge in [0.05, 0.1) is 28.8 Å². The van der Waals surface area contributed by atoms with Gasteiger partial charge in [-0.25, -0.2) is 15.0 Å². The Morgan fingerprint density at radius 3 is 1.03 bits per heavy atom. The third-order valence-corrected chi connectivity index (χ3v) is 38.9. The smallest absolute Gasteiger partial charge is 0.144 e. The van der Waals surface area contributed by atoms with Crippen molar-refractivity contribution in [1.29, 1.82) is 0 Å². The standard InChI is InChI=1S/C27H39NO2.2C26H37NO2.C24H35N3O2/c1-17-5-4-6-19(28-17)15-25(29)24-10-9-23-22-8-7-18-16-26(2,30)13-11-20(18)21(22)12-14-27(23,24)3;1-25(29)11-9-19-18(15-25)5-6-21-20(19)10-12-26(2)22(21)7-8-23(26)24(28)14-17-4-3-13-27-16-17;1-25(29)12-10-19-17(16-25)6-7-21-20(19)11-13-26(2)22(21)8-9-23(26)24(28)15-18-5-3-4-14-27-18;1-23(29)9-7-16-15(12-23)3-4-18-17(16)8-10-24(2)19(18)5-6-20(24)21(28)11-22-26-13-25-14-27-22/h4-6,18,20-24,30H,7-16H2,1-3H3;3-4,13,16,18-23,29H,5-12,14-15H2,1-2H3;3-5,14,17,19-23,29H,6-13,15-16H2,1-2H3;13-20,29H,3-12H2,1-2H3/t18-,20+,21-,22-,23+,24-,26-,27+;18-,19+,20-,21-,22+,23-,25-,26+;17-,19+,20-,21-,22+,23-,25-,26+;15-,16+,17-,18-,19+,20-,23-,24+/m1111/s1. The van der Waals surface area contributed by atoms with Gasteiger partial charge in [0.1, 0.15) is 41.6 Å². The van der Waals surface area contributed by atoms with Crippen LogP contribution in [0.25, 0.3) is 0 Å². The van der Waals surface area contributed by atoms with Crippen LogP contribution >= 0.6 is 0 Å². The molecule has 4 N–H and O–H groups in total. The van der Waals surface area contributed by atoms with Crippen LogP contribution in [0.1, 0.15) is 315 Å². The fourth-order valence-corrected chi connectivity index (χ4v) is 33.7. The average molecular weight is 1600 g/mol. The molecular weight excluding hydrogens is 1450 g/mol. The maximum Gasteiger partial charge on any atom is 0.144 e. The summed E-state index contributed by atoms with van der Waals surface area (Å²) in [6.45, 7) is 19.9. The lowest BCUT2D eigenvalue weighted by Crippen LogP contribution is -2.51. The highest BCUT2D eigenvalue weighted by Crippen LogP contribution is 2.70. The summed E-state index contributed by atoms with van der Waals surface area (Å²) in [4.78, 5) is 78.5. The lowest BCUT2D eigenvalue weighted by atomic mass is 9.49. The van der Waals surface area contributed by atoms with Gasteiger partial charge in [-0.05, 0) is 442 Å². The van der Waals surface area contributed by atoms with Crippen LogP contribution in [0, 0.1) is 171 Å². The Kier molecular flexibility index (Phi) is 23.9. The second-order valence-corrected chi connectivity index (χ2v) is 45.5. The van der Waals surface area contributed by atoms with Crippen LogP contribution in [0.4, 0.5) is 0 Å². The first kappa shape index (κ1) is 84.2. The minimum Gasteiger partial charge on any atom is -0.390 e. The molecule has 0 radical (unpaired) electrons. The first-order valence-electron chi connectivity index (χ1n) is 48.2. The molecule has 0 spiro atoms. The molecular formula is C103H148N6O8. The summed E-state index contributed by atoms with van der Waals surface area (Å²) >= 11 is 0. The van der Waals surface area contributed by atoms with E-state index < -0.39 is 22.4 Å². The van der Waals surface area contributed by atoms with Gasteiger partial charge in [-0.3, -0.25) is 34.1 Å². The number of rotatable bonds is 12. The van der Waals surface area contributed by atoms with Crippen molar-refractivity contribution in [2.45, 2.75) is 342 Å². The first-order valence-corrected chi connectivity index (χ1v) is 48.2. The molecule has 4 heterocycles. The molecule has 4 aromatic rings. The molecule has 0 bridgehead atoms. The summed E-state index contributed by atoms with van der Waals surface area (Å²) < 4.78 is 0. The second kappa shape index (κ2) is 33.2. The number of hydrogen-bond acceptors (Lipinski definition) is 14. The molecule has 16 fully saturated rings. The van der Waals surface area contributed by atoms with Crippen LogP contribution in [0.3, 0.4) is 0 Å². The number of ketones is 4. The number of Topliss-reactive ketones (excluding diaryl/α,β-unsaturated/α-hetero) is 4. The van der Waals surface area contributed by atoms with E-state index in [1.807, 2.05) is 89.3 Å². The number of hydrogen-bond donors (Lipinski definition) is 4. The Balaban J connectivity index is 0.000000112. The zero-order valence-corrected chi connectivity index (χ0v) is 73.3. The molecule has 0 amide bonds. The van der Waals surface area contributed by atoms with E-state index in [-0.39, 0.29) is 45.3 Å². The molecule has 0 aromatic carbocycles. The third-order valence-electron chi connectivity index (χ3n) is 38.9. The molecule has 14 heteroatoms. The Morgan fingerprint density at radius 1 is 0.325 bits per heavy atom. The topological polar surface area (TPSA) is 227 Å². The maximum atomic E-state index is 13.4. The number of aliphatic hydroxyl groups is 4. The van der Waals surface area contributed by atoms with Crippen molar-refractivity contribution >= 4 is 23.1 Å². The molecule has 16 aliphatic carbocycles. The Labute approximate surface area is 702 Å². The van der Waals surface area contributed by atoms with Gasteiger partial charge in [0.2, 0.25) is 0 Å². The van der Waals surface area contributed by atoms with E-state index in [0.717, 1.165) is 206 Å². The van der Waals surface area contributed by atoms with Crippen molar-refractivity contribution in [3.63, 3.8) is 0 Å². The fraction of sp³-hybridized carbons (Fsp3) is 0.786. The van der Waals surface area contributed by atoms with Crippen LogP contribution in [0.2, 0.25) is 0 Å². The summed E-state index contributed by atoms with van der Waals surface area (Å²) in [5, 5.41) is 42.3. The molecule has 20 rings (SSSR count). The first-order chi connectivity index (χ1) is 55.9. The lowest BCUT2D eigenvalue weighted by molar-refractivity contribution is -0.132. The number of carbonyl (C=O) groups is 4. The number of fused-ring (bicyclic) bond motifs is 20. The Morgan fingerprint density at radius 2 is 0.675 bits per heavy atom. The highest BCUT2D eigenvalue weighted by atomic mass is 16.3. The van der Waals surface area contributed by atoms with Gasteiger partial charge in [0, 0.05) is 78.6 Å². The average Bonchev–Trinajstić information content (AvgIpc) is 1.68. The Hall–Kier alpha value is -5.02. The third kappa shape index (κ3) is 16.7. The summed E-state index contributed by atoms with van der Waals surface area (Å²) in [5.74, 6) is 18.7. The van der Waals surface area contributed by atoms with Gasteiger partial charge in [-0.2, -0.15) is 0 Å². The molecule has 16 aliphatic rings. The fourth-order valence-electron chi connectivity index (χ4n) is 33.7. The summed E-state index contributed by atoms with van der Waals surface area (Å²) in [6.07, 6.45) is 52.7.